The van der Waals surface area contributed by atoms with Crippen molar-refractivity contribution in [2.24, 2.45) is 0 Å². The van der Waals surface area contributed by atoms with Gasteiger partial charge in [0.05, 0.1) is 0 Å². The minimum atomic E-state index is 0.0398. The molecule has 5 heteroatoms. The lowest BCUT2D eigenvalue weighted by atomic mass is 10.0. The van der Waals surface area contributed by atoms with Crippen LogP contribution in [0.15, 0.2) is 24.3 Å². The largest absolute Gasteiger partial charge is 0.471 e. The third-order valence-corrected chi connectivity index (χ3v) is 11.6. The number of hydrogen-bond acceptors (Lipinski definition) is 5. The molecule has 53 heavy (non-hydrogen) atoms. The standard InChI is InChI=1S/C48H90N2O3/c1-5-9-11-13-15-17-19-21-23-25-27-29-33-41-49(7-3)47-39-35-43-51-44-36-40-48(53-46-38-32-31-37-45(46)52-47)50(8-4)42-34-30-28-26-24-22-20-18-16-14-12-10-6-2/h31-32,37-38,47-48H,5-30,33-36,39-44H2,1-4H3. The summed E-state index contributed by atoms with van der Waals surface area (Å²) in [5.41, 5.74) is 0. The molecule has 1 aromatic rings. The highest BCUT2D eigenvalue weighted by molar-refractivity contribution is 5.39. The normalized spacial score (nSPS) is 17.2. The van der Waals surface area contributed by atoms with Crippen molar-refractivity contribution in [3.05, 3.63) is 24.3 Å². The van der Waals surface area contributed by atoms with E-state index >= 15 is 0 Å². The first kappa shape index (κ1) is 47.9. The fourth-order valence-electron chi connectivity index (χ4n) is 8.07. The van der Waals surface area contributed by atoms with Gasteiger partial charge in [0.15, 0.2) is 24.0 Å². The van der Waals surface area contributed by atoms with Crippen molar-refractivity contribution in [3.63, 3.8) is 0 Å². The molecule has 1 aliphatic rings. The van der Waals surface area contributed by atoms with Crippen LogP contribution in [0, 0.1) is 0 Å². The molecule has 1 aromatic carbocycles. The monoisotopic (exact) mass is 743 g/mol. The summed E-state index contributed by atoms with van der Waals surface area (Å²) in [6.45, 7) is 15.0. The molecule has 1 aliphatic heterocycles. The van der Waals surface area contributed by atoms with Crippen LogP contribution in [0.1, 0.15) is 220 Å². The van der Waals surface area contributed by atoms with Crippen LogP contribution >= 0.6 is 0 Å². The Kier molecular flexibility index (Phi) is 31.7. The molecular weight excluding hydrogens is 653 g/mol. The summed E-state index contributed by atoms with van der Waals surface area (Å²) in [6, 6.07) is 8.45. The van der Waals surface area contributed by atoms with Gasteiger partial charge >= 0.3 is 0 Å². The molecule has 0 bridgehead atoms. The minimum absolute atomic E-state index is 0.0398. The van der Waals surface area contributed by atoms with E-state index in [-0.39, 0.29) is 12.5 Å². The van der Waals surface area contributed by atoms with Crippen LogP contribution < -0.4 is 9.47 Å². The second-order valence-corrected chi connectivity index (χ2v) is 16.2. The first-order valence-corrected chi connectivity index (χ1v) is 23.7. The van der Waals surface area contributed by atoms with Crippen molar-refractivity contribution in [3.8, 4) is 11.5 Å². The second-order valence-electron chi connectivity index (χ2n) is 16.2. The fourth-order valence-corrected chi connectivity index (χ4v) is 8.07. The second kappa shape index (κ2) is 35.1. The summed E-state index contributed by atoms with van der Waals surface area (Å²) in [7, 11) is 0. The van der Waals surface area contributed by atoms with E-state index in [9.17, 15) is 0 Å². The van der Waals surface area contributed by atoms with Gasteiger partial charge < -0.3 is 14.2 Å². The minimum Gasteiger partial charge on any atom is -0.471 e. The first-order valence-electron chi connectivity index (χ1n) is 23.7. The van der Waals surface area contributed by atoms with E-state index in [2.05, 4.69) is 61.8 Å². The van der Waals surface area contributed by atoms with E-state index in [1.165, 1.54) is 167 Å². The lowest BCUT2D eigenvalue weighted by molar-refractivity contribution is 0.00123. The third-order valence-electron chi connectivity index (χ3n) is 11.6. The molecule has 0 saturated carbocycles. The van der Waals surface area contributed by atoms with Crippen LogP contribution in [0.5, 0.6) is 11.5 Å². The Balaban J connectivity index is 1.80. The zero-order chi connectivity index (χ0) is 37.9. The Morgan fingerprint density at radius 2 is 0.736 bits per heavy atom. The van der Waals surface area contributed by atoms with Gasteiger partial charge in [0.2, 0.25) is 0 Å². The highest BCUT2D eigenvalue weighted by Crippen LogP contribution is 2.32. The summed E-state index contributed by atoms with van der Waals surface area (Å²) < 4.78 is 20.0. The number of ether oxygens (including phenoxy) is 3. The summed E-state index contributed by atoms with van der Waals surface area (Å²) in [4.78, 5) is 5.11. The van der Waals surface area contributed by atoms with E-state index < -0.39 is 0 Å². The quantitative estimate of drug-likeness (QED) is 0.0687. The number of benzene rings is 1. The van der Waals surface area contributed by atoms with Gasteiger partial charge in [-0.15, -0.1) is 0 Å². The molecule has 0 radical (unpaired) electrons. The van der Waals surface area contributed by atoms with Crippen molar-refractivity contribution in [2.75, 3.05) is 39.4 Å². The van der Waals surface area contributed by atoms with Crippen molar-refractivity contribution in [1.29, 1.82) is 0 Å². The first-order chi connectivity index (χ1) is 26.2. The number of fused-ring (bicyclic) bond motifs is 1. The van der Waals surface area contributed by atoms with Gasteiger partial charge in [-0.05, 0) is 50.9 Å². The number of hydrogen-bond donors (Lipinski definition) is 0. The van der Waals surface area contributed by atoms with E-state index in [0.717, 1.165) is 76.6 Å². The Hall–Kier alpha value is -1.30. The van der Waals surface area contributed by atoms with E-state index in [1.54, 1.807) is 0 Å². The van der Waals surface area contributed by atoms with Gasteiger partial charge in [-0.2, -0.15) is 0 Å². The van der Waals surface area contributed by atoms with Crippen LogP contribution in [0.4, 0.5) is 0 Å². The molecule has 0 amide bonds. The summed E-state index contributed by atoms with van der Waals surface area (Å²) in [5, 5.41) is 0. The van der Waals surface area contributed by atoms with Gasteiger partial charge in [0.1, 0.15) is 0 Å². The maximum Gasteiger partial charge on any atom is 0.163 e. The SMILES string of the molecule is CCCCCCCCCCCCCCCN(CC)C1CCCOCCCC(N(CC)CCCCCCCCCCCCCCC)Oc2ccccc2O1. The Bertz CT molecular complexity index is 842. The molecule has 2 rings (SSSR count). The average Bonchev–Trinajstić information content (AvgIpc) is 3.19. The van der Waals surface area contributed by atoms with Gasteiger partial charge in [-0.1, -0.05) is 194 Å². The molecule has 0 N–H and O–H groups in total. The average molecular weight is 743 g/mol. The van der Waals surface area contributed by atoms with Crippen molar-refractivity contribution in [2.45, 2.75) is 233 Å². The van der Waals surface area contributed by atoms with Crippen molar-refractivity contribution >= 4 is 0 Å². The van der Waals surface area contributed by atoms with Crippen molar-refractivity contribution < 1.29 is 14.2 Å². The Morgan fingerprint density at radius 3 is 1.04 bits per heavy atom. The summed E-state index contributed by atoms with van der Waals surface area (Å²) >= 11 is 0. The van der Waals surface area contributed by atoms with Crippen LogP contribution in [0.3, 0.4) is 0 Å². The highest BCUT2D eigenvalue weighted by atomic mass is 16.5. The zero-order valence-corrected chi connectivity index (χ0v) is 36.0. The number of nitrogens with zero attached hydrogens (tertiary/aromatic N) is 2. The third kappa shape index (κ3) is 24.8. The number of para-hydroxylation sites is 2. The molecule has 0 aliphatic carbocycles. The van der Waals surface area contributed by atoms with Crippen molar-refractivity contribution in [1.82, 2.24) is 9.80 Å². The van der Waals surface area contributed by atoms with E-state index in [1.807, 2.05) is 0 Å². The molecule has 5 nitrogen and oxygen atoms in total. The topological polar surface area (TPSA) is 34.2 Å². The van der Waals surface area contributed by atoms with Gasteiger partial charge in [-0.3, -0.25) is 9.80 Å². The highest BCUT2D eigenvalue weighted by Gasteiger charge is 2.24. The molecule has 0 aromatic heterocycles. The van der Waals surface area contributed by atoms with Crippen LogP contribution in [-0.4, -0.2) is 61.6 Å². The predicted octanol–water partition coefficient (Wildman–Crippen LogP) is 14.5. The lowest BCUT2D eigenvalue weighted by Crippen LogP contribution is -2.41. The lowest BCUT2D eigenvalue weighted by Gasteiger charge is -2.33. The summed E-state index contributed by atoms with van der Waals surface area (Å²) in [6.07, 6.45) is 40.2. The number of unbranched alkanes of at least 4 members (excludes halogenated alkanes) is 24. The maximum atomic E-state index is 6.90. The molecule has 0 saturated heterocycles. The molecular formula is C48H90N2O3. The molecule has 2 atom stereocenters. The van der Waals surface area contributed by atoms with Crippen LogP contribution in [0.2, 0.25) is 0 Å². The Morgan fingerprint density at radius 1 is 0.434 bits per heavy atom. The maximum absolute atomic E-state index is 6.90. The van der Waals surface area contributed by atoms with E-state index in [0.29, 0.717) is 0 Å². The summed E-state index contributed by atoms with van der Waals surface area (Å²) in [5.74, 6) is 1.78. The smallest absolute Gasteiger partial charge is 0.163 e. The molecule has 2 unspecified atom stereocenters. The number of rotatable bonds is 32. The van der Waals surface area contributed by atoms with E-state index in [4.69, 9.17) is 14.2 Å². The van der Waals surface area contributed by atoms with Gasteiger partial charge in [0.25, 0.3) is 0 Å². The van der Waals surface area contributed by atoms with Crippen LogP contribution in [-0.2, 0) is 4.74 Å². The fraction of sp³-hybridized carbons (Fsp3) is 0.875. The molecule has 310 valence electrons. The molecule has 0 fully saturated rings. The van der Waals surface area contributed by atoms with Gasteiger partial charge in [0, 0.05) is 39.1 Å². The molecule has 0 spiro atoms. The Labute approximate surface area is 331 Å². The van der Waals surface area contributed by atoms with Crippen LogP contribution in [0.25, 0.3) is 0 Å². The van der Waals surface area contributed by atoms with Gasteiger partial charge in [-0.25, -0.2) is 0 Å². The predicted molar refractivity (Wildman–Crippen MR) is 230 cm³/mol. The molecule has 1 heterocycles. The zero-order valence-electron chi connectivity index (χ0n) is 36.0.